The molecule has 1 aromatic carbocycles. The molecule has 0 unspecified atom stereocenters. The molecule has 1 N–H and O–H groups in total. The number of hydrogen-bond donors (Lipinski definition) is 1. The van der Waals surface area contributed by atoms with Crippen LogP contribution in [0.25, 0.3) is 0 Å². The van der Waals surface area contributed by atoms with Gasteiger partial charge in [0.05, 0.1) is 0 Å². The zero-order valence-corrected chi connectivity index (χ0v) is 14.3. The van der Waals surface area contributed by atoms with Gasteiger partial charge in [0.15, 0.2) is 0 Å². The van der Waals surface area contributed by atoms with E-state index in [-0.39, 0.29) is 11.3 Å². The fraction of sp³-hybridized carbons (Fsp3) is 0.526. The summed E-state index contributed by atoms with van der Waals surface area (Å²) < 4.78 is 0. The molecule has 0 aromatic heterocycles. The molecule has 3 aliphatic rings. The lowest BCUT2D eigenvalue weighted by Gasteiger charge is -2.38. The molecule has 3 heterocycles. The maximum Gasteiger partial charge on any atom is 0.312 e. The van der Waals surface area contributed by atoms with Gasteiger partial charge in [-0.1, -0.05) is 24.3 Å². The largest absolute Gasteiger partial charge is 0.356 e. The molecule has 2 fully saturated rings. The van der Waals surface area contributed by atoms with E-state index >= 15 is 0 Å². The maximum absolute atomic E-state index is 12.6. The number of carbonyl (C=O) groups excluding carboxylic acids is 3. The second kappa shape index (κ2) is 6.17. The summed E-state index contributed by atoms with van der Waals surface area (Å²) in [4.78, 5) is 40.1. The van der Waals surface area contributed by atoms with Gasteiger partial charge in [0, 0.05) is 39.1 Å². The van der Waals surface area contributed by atoms with Gasteiger partial charge in [-0.2, -0.15) is 0 Å². The number of rotatable bonds is 0. The summed E-state index contributed by atoms with van der Waals surface area (Å²) in [5, 5.41) is 2.89. The van der Waals surface area contributed by atoms with E-state index in [4.69, 9.17) is 0 Å². The molecular weight excluding hydrogens is 318 g/mol. The monoisotopic (exact) mass is 341 g/mol. The van der Waals surface area contributed by atoms with E-state index in [1.165, 1.54) is 5.56 Å². The third-order valence-electron chi connectivity index (χ3n) is 5.91. The van der Waals surface area contributed by atoms with Crippen LogP contribution in [0.5, 0.6) is 0 Å². The molecule has 25 heavy (non-hydrogen) atoms. The number of amides is 3. The maximum atomic E-state index is 12.6. The molecule has 0 atom stereocenters. The van der Waals surface area contributed by atoms with E-state index in [1.54, 1.807) is 9.80 Å². The SMILES string of the molecule is O=C1CC2(CCN(C(=O)C(=O)N3CCc4ccccc4C3)CC2)CN1. The Morgan fingerprint density at radius 3 is 2.32 bits per heavy atom. The first-order valence-corrected chi connectivity index (χ1v) is 8.98. The van der Waals surface area contributed by atoms with Gasteiger partial charge in [0.1, 0.15) is 0 Å². The first kappa shape index (κ1) is 16.1. The third kappa shape index (κ3) is 3.01. The van der Waals surface area contributed by atoms with Crippen molar-refractivity contribution in [2.75, 3.05) is 26.2 Å². The standard InChI is InChI=1S/C19H23N3O3/c23-16-11-19(13-20-16)6-9-21(10-7-19)17(24)18(25)22-8-5-14-3-1-2-4-15(14)12-22/h1-4H,5-13H2,(H,20,23). The van der Waals surface area contributed by atoms with Crippen molar-refractivity contribution in [2.24, 2.45) is 5.41 Å². The molecular formula is C19H23N3O3. The van der Waals surface area contributed by atoms with E-state index in [2.05, 4.69) is 11.4 Å². The minimum Gasteiger partial charge on any atom is -0.356 e. The van der Waals surface area contributed by atoms with Gasteiger partial charge in [-0.15, -0.1) is 0 Å². The van der Waals surface area contributed by atoms with Crippen LogP contribution in [-0.4, -0.2) is 53.7 Å². The Morgan fingerprint density at radius 2 is 1.64 bits per heavy atom. The molecule has 132 valence electrons. The van der Waals surface area contributed by atoms with Crippen molar-refractivity contribution in [1.82, 2.24) is 15.1 Å². The molecule has 2 saturated heterocycles. The summed E-state index contributed by atoms with van der Waals surface area (Å²) >= 11 is 0. The van der Waals surface area contributed by atoms with Crippen molar-refractivity contribution >= 4 is 17.7 Å². The summed E-state index contributed by atoms with van der Waals surface area (Å²) in [7, 11) is 0. The fourth-order valence-corrected chi connectivity index (χ4v) is 4.23. The Hall–Kier alpha value is -2.37. The zero-order valence-electron chi connectivity index (χ0n) is 14.3. The number of nitrogens with zero attached hydrogens (tertiary/aromatic N) is 2. The Labute approximate surface area is 147 Å². The molecule has 1 aromatic rings. The van der Waals surface area contributed by atoms with Crippen LogP contribution in [0, 0.1) is 5.41 Å². The second-order valence-corrected chi connectivity index (χ2v) is 7.49. The number of fused-ring (bicyclic) bond motifs is 1. The van der Waals surface area contributed by atoms with Gasteiger partial charge >= 0.3 is 11.8 Å². The Kier molecular flexibility index (Phi) is 3.98. The molecule has 1 spiro atoms. The van der Waals surface area contributed by atoms with Gasteiger partial charge < -0.3 is 15.1 Å². The van der Waals surface area contributed by atoms with Crippen molar-refractivity contribution in [3.05, 3.63) is 35.4 Å². The lowest BCUT2D eigenvalue weighted by atomic mass is 9.77. The van der Waals surface area contributed by atoms with Crippen molar-refractivity contribution < 1.29 is 14.4 Å². The highest BCUT2D eigenvalue weighted by atomic mass is 16.2. The average Bonchev–Trinajstić information content (AvgIpc) is 3.01. The fourth-order valence-electron chi connectivity index (χ4n) is 4.23. The molecule has 0 bridgehead atoms. The summed E-state index contributed by atoms with van der Waals surface area (Å²) in [6.45, 7) is 2.92. The van der Waals surface area contributed by atoms with E-state index in [1.807, 2.05) is 18.2 Å². The number of likely N-dealkylation sites (tertiary alicyclic amines) is 1. The van der Waals surface area contributed by atoms with E-state index in [0.717, 1.165) is 24.8 Å². The molecule has 3 aliphatic heterocycles. The molecule has 0 radical (unpaired) electrons. The Morgan fingerprint density at radius 1 is 0.960 bits per heavy atom. The van der Waals surface area contributed by atoms with Gasteiger partial charge in [-0.3, -0.25) is 14.4 Å². The molecule has 3 amide bonds. The van der Waals surface area contributed by atoms with E-state index < -0.39 is 11.8 Å². The zero-order chi connectivity index (χ0) is 17.4. The van der Waals surface area contributed by atoms with Crippen LogP contribution in [0.15, 0.2) is 24.3 Å². The van der Waals surface area contributed by atoms with Crippen LogP contribution in [0.4, 0.5) is 0 Å². The van der Waals surface area contributed by atoms with Gasteiger partial charge in [0.25, 0.3) is 0 Å². The summed E-state index contributed by atoms with van der Waals surface area (Å²) in [6, 6.07) is 8.08. The Bertz CT molecular complexity index is 722. The summed E-state index contributed by atoms with van der Waals surface area (Å²) in [5.41, 5.74) is 2.38. The average molecular weight is 341 g/mol. The Balaban J connectivity index is 1.37. The number of hydrogen-bond acceptors (Lipinski definition) is 3. The number of benzene rings is 1. The predicted molar refractivity (Wildman–Crippen MR) is 91.4 cm³/mol. The molecule has 4 rings (SSSR count). The predicted octanol–water partition coefficient (Wildman–Crippen LogP) is 0.700. The first-order valence-electron chi connectivity index (χ1n) is 8.98. The molecule has 6 heteroatoms. The van der Waals surface area contributed by atoms with Crippen LogP contribution in [0.3, 0.4) is 0 Å². The lowest BCUT2D eigenvalue weighted by Crippen LogP contribution is -2.51. The highest BCUT2D eigenvalue weighted by molar-refractivity contribution is 6.34. The minimum absolute atomic E-state index is 0.0129. The van der Waals surface area contributed by atoms with Gasteiger partial charge in [-0.05, 0) is 35.8 Å². The summed E-state index contributed by atoms with van der Waals surface area (Å²) in [5.74, 6) is -0.694. The van der Waals surface area contributed by atoms with Crippen LogP contribution >= 0.6 is 0 Å². The number of carbonyl (C=O) groups is 3. The molecule has 0 saturated carbocycles. The van der Waals surface area contributed by atoms with Gasteiger partial charge in [0.2, 0.25) is 5.91 Å². The highest BCUT2D eigenvalue weighted by Crippen LogP contribution is 2.37. The van der Waals surface area contributed by atoms with Crippen LogP contribution in [0.1, 0.15) is 30.4 Å². The van der Waals surface area contributed by atoms with Crippen molar-refractivity contribution in [3.8, 4) is 0 Å². The van der Waals surface area contributed by atoms with Crippen LogP contribution in [0.2, 0.25) is 0 Å². The normalized spacial score (nSPS) is 21.8. The van der Waals surface area contributed by atoms with Crippen molar-refractivity contribution in [2.45, 2.75) is 32.2 Å². The number of piperidine rings is 1. The topological polar surface area (TPSA) is 69.7 Å². The molecule has 0 aliphatic carbocycles. The van der Waals surface area contributed by atoms with Crippen molar-refractivity contribution in [1.29, 1.82) is 0 Å². The minimum atomic E-state index is -0.397. The third-order valence-corrected chi connectivity index (χ3v) is 5.91. The lowest BCUT2D eigenvalue weighted by molar-refractivity contribution is -0.153. The molecule has 6 nitrogen and oxygen atoms in total. The highest BCUT2D eigenvalue weighted by Gasteiger charge is 2.42. The second-order valence-electron chi connectivity index (χ2n) is 7.49. The first-order chi connectivity index (χ1) is 12.1. The summed E-state index contributed by atoms with van der Waals surface area (Å²) in [6.07, 6.45) is 2.92. The van der Waals surface area contributed by atoms with Gasteiger partial charge in [-0.25, -0.2) is 0 Å². The van der Waals surface area contributed by atoms with E-state index in [0.29, 0.717) is 39.1 Å². The van der Waals surface area contributed by atoms with Crippen LogP contribution in [-0.2, 0) is 27.3 Å². The van der Waals surface area contributed by atoms with E-state index in [9.17, 15) is 14.4 Å². The smallest absolute Gasteiger partial charge is 0.312 e. The quantitative estimate of drug-likeness (QED) is 0.706. The number of nitrogens with one attached hydrogen (secondary N) is 1. The van der Waals surface area contributed by atoms with Crippen LogP contribution < -0.4 is 5.32 Å². The van der Waals surface area contributed by atoms with Crippen molar-refractivity contribution in [3.63, 3.8) is 0 Å².